The molecule has 0 atom stereocenters. The van der Waals surface area contributed by atoms with Crippen LogP contribution in [0.5, 0.6) is 11.5 Å². The zero-order valence-corrected chi connectivity index (χ0v) is 17.3. The van der Waals surface area contributed by atoms with E-state index >= 15 is 0 Å². The molecule has 3 N–H and O–H groups in total. The number of amides is 2. The van der Waals surface area contributed by atoms with E-state index in [9.17, 15) is 14.7 Å². The number of ether oxygens (including phenoxy) is 2. The molecule has 4 rings (SSSR count). The topological polar surface area (TPSA) is 100 Å². The van der Waals surface area contributed by atoms with Crippen LogP contribution in [0.2, 0.25) is 0 Å². The van der Waals surface area contributed by atoms with Gasteiger partial charge in [0.15, 0.2) is 11.5 Å². The Labute approximate surface area is 181 Å². The van der Waals surface area contributed by atoms with Crippen LogP contribution in [0.15, 0.2) is 42.5 Å². The molecule has 0 unspecified atom stereocenters. The predicted octanol–water partition coefficient (Wildman–Crippen LogP) is 1.42. The van der Waals surface area contributed by atoms with Gasteiger partial charge in [-0.15, -0.1) is 0 Å². The zero-order valence-electron chi connectivity index (χ0n) is 17.3. The fraction of sp³-hybridized carbons (Fsp3) is 0.391. The minimum absolute atomic E-state index is 0.105. The Kier molecular flexibility index (Phi) is 6.69. The Morgan fingerprint density at radius 3 is 2.45 bits per heavy atom. The molecule has 0 bridgehead atoms. The zero-order chi connectivity index (χ0) is 21.6. The molecule has 0 aromatic heterocycles. The molecule has 0 aliphatic carbocycles. The van der Waals surface area contributed by atoms with Crippen molar-refractivity contribution in [1.82, 2.24) is 15.5 Å². The third-order valence-corrected chi connectivity index (χ3v) is 5.52. The first-order chi connectivity index (χ1) is 15.1. The number of carbonyl (C=O) groups is 2. The first kappa shape index (κ1) is 21.1. The number of fused-ring (bicyclic) bond motifs is 1. The van der Waals surface area contributed by atoms with E-state index in [0.29, 0.717) is 23.6 Å². The maximum Gasteiger partial charge on any atom is 0.251 e. The van der Waals surface area contributed by atoms with E-state index in [-0.39, 0.29) is 31.3 Å². The van der Waals surface area contributed by atoms with Gasteiger partial charge >= 0.3 is 0 Å². The second-order valence-electron chi connectivity index (χ2n) is 7.85. The van der Waals surface area contributed by atoms with Crippen LogP contribution >= 0.6 is 0 Å². The third kappa shape index (κ3) is 5.74. The monoisotopic (exact) mass is 425 g/mol. The van der Waals surface area contributed by atoms with Gasteiger partial charge in [0.1, 0.15) is 0 Å². The molecule has 8 heteroatoms. The summed E-state index contributed by atoms with van der Waals surface area (Å²) < 4.78 is 10.5. The highest BCUT2D eigenvalue weighted by Gasteiger charge is 2.17. The van der Waals surface area contributed by atoms with Crippen LogP contribution in [0.1, 0.15) is 34.3 Å². The van der Waals surface area contributed by atoms with Crippen LogP contribution < -0.4 is 20.1 Å². The van der Waals surface area contributed by atoms with Crippen LogP contribution in [0, 0.1) is 0 Å². The molecular weight excluding hydrogens is 398 g/mol. The van der Waals surface area contributed by atoms with Crippen molar-refractivity contribution >= 4 is 11.8 Å². The average molecular weight is 425 g/mol. The summed E-state index contributed by atoms with van der Waals surface area (Å²) in [5.41, 5.74) is 2.62. The number of benzene rings is 2. The van der Waals surface area contributed by atoms with E-state index in [0.717, 1.165) is 38.0 Å². The van der Waals surface area contributed by atoms with Gasteiger partial charge in [0, 0.05) is 31.7 Å². The summed E-state index contributed by atoms with van der Waals surface area (Å²) in [4.78, 5) is 26.7. The Morgan fingerprint density at radius 1 is 0.968 bits per heavy atom. The minimum Gasteiger partial charge on any atom is -0.454 e. The lowest BCUT2D eigenvalue weighted by Gasteiger charge is -2.29. The van der Waals surface area contributed by atoms with Crippen LogP contribution in [-0.4, -0.2) is 54.4 Å². The molecule has 1 fully saturated rings. The van der Waals surface area contributed by atoms with Gasteiger partial charge in [-0.05, 0) is 42.2 Å². The summed E-state index contributed by atoms with van der Waals surface area (Å²) >= 11 is 0. The van der Waals surface area contributed by atoms with E-state index in [1.165, 1.54) is 5.56 Å². The molecule has 2 aliphatic rings. The quantitative estimate of drug-likeness (QED) is 0.621. The number of aliphatic hydroxyl groups is 1. The molecule has 1 saturated heterocycles. The van der Waals surface area contributed by atoms with Crippen LogP contribution in [0.3, 0.4) is 0 Å². The molecule has 164 valence electrons. The highest BCUT2D eigenvalue weighted by Crippen LogP contribution is 2.32. The Balaban J connectivity index is 1.18. The van der Waals surface area contributed by atoms with Gasteiger partial charge in [-0.2, -0.15) is 0 Å². The highest BCUT2D eigenvalue weighted by atomic mass is 16.7. The largest absolute Gasteiger partial charge is 0.454 e. The molecule has 2 amide bonds. The number of nitrogens with zero attached hydrogens (tertiary/aromatic N) is 1. The first-order valence-electron chi connectivity index (χ1n) is 10.5. The lowest BCUT2D eigenvalue weighted by molar-refractivity contribution is -0.120. The number of likely N-dealkylation sites (tertiary alicyclic amines) is 1. The fourth-order valence-corrected chi connectivity index (χ4v) is 3.66. The molecule has 2 aromatic carbocycles. The van der Waals surface area contributed by atoms with Crippen molar-refractivity contribution in [2.75, 3.05) is 26.4 Å². The second-order valence-corrected chi connectivity index (χ2v) is 7.85. The Hall–Kier alpha value is -3.10. The smallest absolute Gasteiger partial charge is 0.251 e. The molecular formula is C23H27N3O5. The van der Waals surface area contributed by atoms with E-state index in [1.807, 2.05) is 12.1 Å². The summed E-state index contributed by atoms with van der Waals surface area (Å²) in [5.74, 6) is 0.529. The molecule has 31 heavy (non-hydrogen) atoms. The second kappa shape index (κ2) is 9.80. The molecule has 2 aliphatic heterocycles. The number of aliphatic hydroxyl groups excluding tert-OH is 1. The molecule has 2 heterocycles. The van der Waals surface area contributed by atoms with Crippen molar-refractivity contribution in [1.29, 1.82) is 0 Å². The third-order valence-electron chi connectivity index (χ3n) is 5.52. The standard InChI is InChI=1S/C23H27N3O5/c27-19-7-9-26(10-8-19)14-17-3-1-16(2-4-17)12-24-22(28)13-25-23(29)18-5-6-20-21(11-18)31-15-30-20/h1-6,11,19,27H,7-10,12-15H2,(H,24,28)(H,25,29). The van der Waals surface area contributed by atoms with Crippen LogP contribution in [-0.2, 0) is 17.9 Å². The van der Waals surface area contributed by atoms with E-state index < -0.39 is 0 Å². The number of rotatable bonds is 7. The summed E-state index contributed by atoms with van der Waals surface area (Å²) in [6.45, 7) is 3.13. The number of nitrogens with one attached hydrogen (secondary N) is 2. The number of piperidine rings is 1. The summed E-state index contributed by atoms with van der Waals surface area (Å²) in [7, 11) is 0. The van der Waals surface area contributed by atoms with E-state index in [1.54, 1.807) is 18.2 Å². The van der Waals surface area contributed by atoms with Gasteiger partial charge < -0.3 is 25.2 Å². The van der Waals surface area contributed by atoms with Gasteiger partial charge in [-0.3, -0.25) is 14.5 Å². The average Bonchev–Trinajstić information content (AvgIpc) is 3.26. The maximum absolute atomic E-state index is 12.2. The van der Waals surface area contributed by atoms with Crippen molar-refractivity contribution < 1.29 is 24.2 Å². The van der Waals surface area contributed by atoms with Crippen molar-refractivity contribution in [2.45, 2.75) is 32.0 Å². The van der Waals surface area contributed by atoms with Crippen molar-refractivity contribution in [3.05, 3.63) is 59.2 Å². The number of carbonyl (C=O) groups excluding carboxylic acids is 2. The predicted molar refractivity (Wildman–Crippen MR) is 114 cm³/mol. The van der Waals surface area contributed by atoms with Gasteiger partial charge in [0.2, 0.25) is 12.7 Å². The van der Waals surface area contributed by atoms with Gasteiger partial charge in [0.25, 0.3) is 5.91 Å². The van der Waals surface area contributed by atoms with Gasteiger partial charge in [-0.1, -0.05) is 24.3 Å². The highest BCUT2D eigenvalue weighted by molar-refractivity contribution is 5.97. The lowest BCUT2D eigenvalue weighted by atomic mass is 10.1. The molecule has 2 aromatic rings. The first-order valence-corrected chi connectivity index (χ1v) is 10.5. The maximum atomic E-state index is 12.2. The molecule has 0 spiro atoms. The van der Waals surface area contributed by atoms with Crippen molar-refractivity contribution in [3.8, 4) is 11.5 Å². The van der Waals surface area contributed by atoms with Crippen LogP contribution in [0.25, 0.3) is 0 Å². The van der Waals surface area contributed by atoms with E-state index in [2.05, 4.69) is 27.7 Å². The molecule has 0 radical (unpaired) electrons. The van der Waals surface area contributed by atoms with Crippen molar-refractivity contribution in [2.24, 2.45) is 0 Å². The fourth-order valence-electron chi connectivity index (χ4n) is 3.66. The number of hydrogen-bond acceptors (Lipinski definition) is 6. The SMILES string of the molecule is O=C(CNC(=O)c1ccc2c(c1)OCO2)NCc1ccc(CN2CCC(O)CC2)cc1. The van der Waals surface area contributed by atoms with Gasteiger partial charge in [0.05, 0.1) is 12.6 Å². The summed E-state index contributed by atoms with van der Waals surface area (Å²) in [6.07, 6.45) is 1.49. The van der Waals surface area contributed by atoms with Crippen LogP contribution in [0.4, 0.5) is 0 Å². The lowest BCUT2D eigenvalue weighted by Crippen LogP contribution is -2.36. The number of hydrogen-bond donors (Lipinski definition) is 3. The summed E-state index contributed by atoms with van der Waals surface area (Å²) in [5, 5.41) is 15.0. The van der Waals surface area contributed by atoms with E-state index in [4.69, 9.17) is 9.47 Å². The Morgan fingerprint density at radius 2 is 1.68 bits per heavy atom. The normalized spacial score (nSPS) is 16.2. The van der Waals surface area contributed by atoms with Gasteiger partial charge in [-0.25, -0.2) is 0 Å². The Bertz CT molecular complexity index is 923. The molecule has 0 saturated carbocycles. The summed E-state index contributed by atoms with van der Waals surface area (Å²) in [6, 6.07) is 13.0. The minimum atomic E-state index is -0.344. The molecule has 8 nitrogen and oxygen atoms in total. The van der Waals surface area contributed by atoms with Crippen molar-refractivity contribution in [3.63, 3.8) is 0 Å².